The molecule has 0 unspecified atom stereocenters. The Morgan fingerprint density at radius 3 is 2.40 bits per heavy atom. The summed E-state index contributed by atoms with van der Waals surface area (Å²) in [5.74, 6) is -0.0721. The summed E-state index contributed by atoms with van der Waals surface area (Å²) in [5.41, 5.74) is 1.72. The lowest BCUT2D eigenvalue weighted by Crippen LogP contribution is -2.38. The molecule has 156 valence electrons. The van der Waals surface area contributed by atoms with Gasteiger partial charge < -0.3 is 13.8 Å². The predicted octanol–water partition coefficient (Wildman–Crippen LogP) is 3.07. The standard InChI is InChI=1S/C21H20N2O5S2/c1-15-2-8-18(9-3-15)30(25,26)28-17-6-4-16(5-7-17)14-19-20(24)22-21(29-19)23-10-12-27-13-11-23/h2-9,14H,10-13H2,1H3. The molecule has 2 aliphatic rings. The van der Waals surface area contributed by atoms with Crippen LogP contribution in [0.1, 0.15) is 11.1 Å². The Balaban J connectivity index is 1.44. The van der Waals surface area contributed by atoms with E-state index < -0.39 is 10.1 Å². The van der Waals surface area contributed by atoms with E-state index in [0.717, 1.165) is 11.1 Å². The molecule has 1 saturated heterocycles. The molecule has 0 spiro atoms. The third-order valence-electron chi connectivity index (χ3n) is 4.58. The van der Waals surface area contributed by atoms with Gasteiger partial charge in [-0.25, -0.2) is 0 Å². The number of amidine groups is 1. The lowest BCUT2D eigenvalue weighted by molar-refractivity contribution is -0.113. The van der Waals surface area contributed by atoms with Crippen molar-refractivity contribution >= 4 is 39.0 Å². The van der Waals surface area contributed by atoms with Gasteiger partial charge in [0.05, 0.1) is 18.1 Å². The number of ether oxygens (including phenoxy) is 1. The molecule has 0 aliphatic carbocycles. The van der Waals surface area contributed by atoms with E-state index in [-0.39, 0.29) is 16.6 Å². The number of aliphatic imine (C=N–C) groups is 1. The van der Waals surface area contributed by atoms with Crippen molar-refractivity contribution in [3.63, 3.8) is 0 Å². The van der Waals surface area contributed by atoms with Gasteiger partial charge in [-0.15, -0.1) is 0 Å². The van der Waals surface area contributed by atoms with E-state index in [4.69, 9.17) is 8.92 Å². The Hall–Kier alpha value is -2.62. The largest absolute Gasteiger partial charge is 0.379 e. The summed E-state index contributed by atoms with van der Waals surface area (Å²) in [7, 11) is -3.90. The molecule has 2 aromatic rings. The fourth-order valence-electron chi connectivity index (χ4n) is 2.94. The number of hydrogen-bond acceptors (Lipinski definition) is 7. The molecule has 0 bridgehead atoms. The molecule has 0 radical (unpaired) electrons. The second-order valence-electron chi connectivity index (χ2n) is 6.83. The number of morpholine rings is 1. The van der Waals surface area contributed by atoms with E-state index in [2.05, 4.69) is 4.99 Å². The van der Waals surface area contributed by atoms with Crippen LogP contribution in [0.25, 0.3) is 6.08 Å². The Morgan fingerprint density at radius 2 is 1.73 bits per heavy atom. The van der Waals surface area contributed by atoms with Crippen molar-refractivity contribution in [2.75, 3.05) is 26.3 Å². The summed E-state index contributed by atoms with van der Waals surface area (Å²) in [4.78, 5) is 19.0. The monoisotopic (exact) mass is 444 g/mol. The molecule has 30 heavy (non-hydrogen) atoms. The summed E-state index contributed by atoms with van der Waals surface area (Å²) in [6.45, 7) is 4.56. The predicted molar refractivity (Wildman–Crippen MR) is 116 cm³/mol. The Labute approximate surface area is 179 Å². The molecule has 0 aromatic heterocycles. The highest BCUT2D eigenvalue weighted by molar-refractivity contribution is 8.18. The smallest absolute Gasteiger partial charge is 0.339 e. The molecule has 1 fully saturated rings. The first-order chi connectivity index (χ1) is 14.4. The van der Waals surface area contributed by atoms with Crippen LogP contribution in [0, 0.1) is 6.92 Å². The molecule has 0 atom stereocenters. The molecule has 2 heterocycles. The fourth-order valence-corrected chi connectivity index (χ4v) is 4.83. The van der Waals surface area contributed by atoms with Gasteiger partial charge in [-0.3, -0.25) is 4.79 Å². The fraction of sp³-hybridized carbons (Fsp3) is 0.238. The number of rotatable bonds is 4. The maximum absolute atomic E-state index is 12.4. The normalized spacial score (nSPS) is 18.6. The van der Waals surface area contributed by atoms with Crippen molar-refractivity contribution in [1.82, 2.24) is 4.90 Å². The lowest BCUT2D eigenvalue weighted by Gasteiger charge is -2.27. The minimum Gasteiger partial charge on any atom is -0.379 e. The summed E-state index contributed by atoms with van der Waals surface area (Å²) in [6.07, 6.45) is 1.74. The SMILES string of the molecule is Cc1ccc(S(=O)(=O)Oc2ccc(C=C3SC(N4CCOCC4)=NC3=O)cc2)cc1. The highest BCUT2D eigenvalue weighted by Crippen LogP contribution is 2.31. The van der Waals surface area contributed by atoms with Crippen molar-refractivity contribution in [3.05, 3.63) is 64.6 Å². The first-order valence-electron chi connectivity index (χ1n) is 9.37. The molecule has 0 N–H and O–H groups in total. The van der Waals surface area contributed by atoms with E-state index >= 15 is 0 Å². The topological polar surface area (TPSA) is 85.3 Å². The molecular formula is C21H20N2O5S2. The van der Waals surface area contributed by atoms with Crippen LogP contribution in [0.2, 0.25) is 0 Å². The van der Waals surface area contributed by atoms with E-state index in [1.54, 1.807) is 42.5 Å². The number of amides is 1. The van der Waals surface area contributed by atoms with Gasteiger partial charge in [-0.1, -0.05) is 29.8 Å². The van der Waals surface area contributed by atoms with Gasteiger partial charge in [-0.2, -0.15) is 13.4 Å². The van der Waals surface area contributed by atoms with Crippen LogP contribution in [0.3, 0.4) is 0 Å². The van der Waals surface area contributed by atoms with Crippen LogP contribution in [0.15, 0.2) is 63.3 Å². The van der Waals surface area contributed by atoms with Gasteiger partial charge in [-0.05, 0) is 54.6 Å². The van der Waals surface area contributed by atoms with E-state index in [1.165, 1.54) is 23.9 Å². The van der Waals surface area contributed by atoms with Gasteiger partial charge in [0.15, 0.2) is 5.17 Å². The van der Waals surface area contributed by atoms with Crippen molar-refractivity contribution in [2.24, 2.45) is 4.99 Å². The van der Waals surface area contributed by atoms with E-state index in [0.29, 0.717) is 36.4 Å². The highest BCUT2D eigenvalue weighted by Gasteiger charge is 2.27. The zero-order valence-electron chi connectivity index (χ0n) is 16.3. The molecule has 0 saturated carbocycles. The number of carbonyl (C=O) groups excluding carboxylic acids is 1. The third kappa shape index (κ3) is 4.75. The Morgan fingerprint density at radius 1 is 1.07 bits per heavy atom. The first-order valence-corrected chi connectivity index (χ1v) is 11.6. The van der Waals surface area contributed by atoms with Gasteiger partial charge in [0.1, 0.15) is 10.6 Å². The minimum absolute atomic E-state index is 0.0973. The molecule has 9 heteroatoms. The van der Waals surface area contributed by atoms with Crippen molar-refractivity contribution in [2.45, 2.75) is 11.8 Å². The average Bonchev–Trinajstić information content (AvgIpc) is 3.10. The third-order valence-corrected chi connectivity index (χ3v) is 6.89. The molecule has 7 nitrogen and oxygen atoms in total. The summed E-state index contributed by atoms with van der Waals surface area (Å²) >= 11 is 1.34. The molecular weight excluding hydrogens is 424 g/mol. The van der Waals surface area contributed by atoms with Gasteiger partial charge in [0, 0.05) is 13.1 Å². The highest BCUT2D eigenvalue weighted by atomic mass is 32.2. The van der Waals surface area contributed by atoms with Crippen LogP contribution >= 0.6 is 11.8 Å². The summed E-state index contributed by atoms with van der Waals surface area (Å²) < 4.78 is 35.3. The number of hydrogen-bond donors (Lipinski definition) is 0. The number of carbonyl (C=O) groups is 1. The van der Waals surface area contributed by atoms with Crippen LogP contribution in [0.5, 0.6) is 5.75 Å². The van der Waals surface area contributed by atoms with Crippen molar-refractivity contribution in [3.8, 4) is 5.75 Å². The quantitative estimate of drug-likeness (QED) is 0.529. The van der Waals surface area contributed by atoms with Crippen LogP contribution in [-0.2, 0) is 19.6 Å². The zero-order chi connectivity index (χ0) is 21.1. The van der Waals surface area contributed by atoms with Gasteiger partial charge in [0.25, 0.3) is 5.91 Å². The Kier molecular flexibility index (Phi) is 5.94. The summed E-state index contributed by atoms with van der Waals surface area (Å²) in [5, 5.41) is 0.693. The lowest BCUT2D eigenvalue weighted by atomic mass is 10.2. The molecule has 4 rings (SSSR count). The zero-order valence-corrected chi connectivity index (χ0v) is 17.9. The average molecular weight is 445 g/mol. The Bertz CT molecular complexity index is 1100. The van der Waals surface area contributed by atoms with Crippen LogP contribution in [0.4, 0.5) is 0 Å². The molecule has 2 aromatic carbocycles. The molecule has 1 amide bonds. The van der Waals surface area contributed by atoms with E-state index in [9.17, 15) is 13.2 Å². The number of benzene rings is 2. The first kappa shape index (κ1) is 20.6. The number of nitrogens with zero attached hydrogens (tertiary/aromatic N) is 2. The van der Waals surface area contributed by atoms with Crippen molar-refractivity contribution < 1.29 is 22.1 Å². The minimum atomic E-state index is -3.90. The van der Waals surface area contributed by atoms with Crippen LogP contribution < -0.4 is 4.18 Å². The van der Waals surface area contributed by atoms with Gasteiger partial charge in [0.2, 0.25) is 0 Å². The maximum Gasteiger partial charge on any atom is 0.339 e. The maximum atomic E-state index is 12.4. The van der Waals surface area contributed by atoms with Crippen molar-refractivity contribution in [1.29, 1.82) is 0 Å². The van der Waals surface area contributed by atoms with Crippen LogP contribution in [-0.4, -0.2) is 50.7 Å². The van der Waals surface area contributed by atoms with E-state index in [1.807, 2.05) is 11.8 Å². The number of aryl methyl sites for hydroxylation is 1. The summed E-state index contributed by atoms with van der Waals surface area (Å²) in [6, 6.07) is 13.0. The number of thioether (sulfide) groups is 1. The molecule has 2 aliphatic heterocycles. The van der Waals surface area contributed by atoms with Gasteiger partial charge >= 0.3 is 10.1 Å². The second-order valence-corrected chi connectivity index (χ2v) is 9.38. The second kappa shape index (κ2) is 8.63.